The largest absolute Gasteiger partial charge is 0.339 e. The lowest BCUT2D eigenvalue weighted by atomic mass is 10.0. The quantitative estimate of drug-likeness (QED) is 0.857. The predicted octanol–water partition coefficient (Wildman–Crippen LogP) is 0.641. The second-order valence-corrected chi connectivity index (χ2v) is 6.97. The van der Waals surface area contributed by atoms with Crippen LogP contribution in [0.3, 0.4) is 0 Å². The van der Waals surface area contributed by atoms with Crippen LogP contribution in [0.25, 0.3) is 0 Å². The molecule has 3 atom stereocenters. The summed E-state index contributed by atoms with van der Waals surface area (Å²) in [6.07, 6.45) is 2.11. The fourth-order valence-corrected chi connectivity index (χ4v) is 2.43. The van der Waals surface area contributed by atoms with Gasteiger partial charge in [-0.1, -0.05) is 5.16 Å². The Kier molecular flexibility index (Phi) is 3.22. The average molecular weight is 259 g/mol. The zero-order valence-electron chi connectivity index (χ0n) is 10.2. The normalized spacial score (nSPS) is 27.2. The molecule has 0 spiro atoms. The molecule has 0 aliphatic carbocycles. The molecule has 1 fully saturated rings. The Morgan fingerprint density at radius 2 is 2.24 bits per heavy atom. The van der Waals surface area contributed by atoms with Crippen LogP contribution in [0.5, 0.6) is 0 Å². The van der Waals surface area contributed by atoms with Crippen LogP contribution < -0.4 is 5.32 Å². The van der Waals surface area contributed by atoms with E-state index in [2.05, 4.69) is 22.4 Å². The van der Waals surface area contributed by atoms with E-state index >= 15 is 0 Å². The van der Waals surface area contributed by atoms with Crippen LogP contribution in [-0.4, -0.2) is 37.4 Å². The first-order valence-electron chi connectivity index (χ1n) is 5.65. The van der Waals surface area contributed by atoms with Gasteiger partial charge in [0.25, 0.3) is 0 Å². The molecule has 0 saturated carbocycles. The summed E-state index contributed by atoms with van der Waals surface area (Å²) < 4.78 is 28.0. The van der Waals surface area contributed by atoms with E-state index in [0.717, 1.165) is 13.0 Å². The Labute approximate surface area is 101 Å². The van der Waals surface area contributed by atoms with Crippen LogP contribution in [0.1, 0.15) is 43.2 Å². The van der Waals surface area contributed by atoms with Gasteiger partial charge in [0.2, 0.25) is 5.89 Å². The van der Waals surface area contributed by atoms with Gasteiger partial charge in [-0.2, -0.15) is 4.98 Å². The van der Waals surface area contributed by atoms with Crippen LogP contribution in [-0.2, 0) is 9.84 Å². The van der Waals surface area contributed by atoms with Crippen molar-refractivity contribution in [1.82, 2.24) is 15.5 Å². The molecule has 1 aliphatic heterocycles. The molecule has 96 valence electrons. The summed E-state index contributed by atoms with van der Waals surface area (Å²) in [5.74, 6) is 0.970. The molecule has 17 heavy (non-hydrogen) atoms. The molecule has 3 unspecified atom stereocenters. The maximum atomic E-state index is 11.4. The van der Waals surface area contributed by atoms with E-state index < -0.39 is 15.1 Å². The van der Waals surface area contributed by atoms with Crippen LogP contribution in [0, 0.1) is 0 Å². The molecule has 0 radical (unpaired) electrons. The minimum Gasteiger partial charge on any atom is -0.339 e. The standard InChI is InChI=1S/C10H17N3O3S/c1-6-8(4-5-11-6)10-12-9(13-16-10)7(2)17(3,14)15/h6-8,11H,4-5H2,1-3H3. The maximum absolute atomic E-state index is 11.4. The highest BCUT2D eigenvalue weighted by atomic mass is 32.2. The van der Waals surface area contributed by atoms with E-state index in [4.69, 9.17) is 4.52 Å². The van der Waals surface area contributed by atoms with Gasteiger partial charge in [0.05, 0.1) is 5.92 Å². The summed E-state index contributed by atoms with van der Waals surface area (Å²) in [5, 5.41) is 6.34. The molecule has 2 rings (SSSR count). The Morgan fingerprint density at radius 1 is 1.53 bits per heavy atom. The van der Waals surface area contributed by atoms with Gasteiger partial charge in [0.1, 0.15) is 5.25 Å². The third kappa shape index (κ3) is 2.50. The maximum Gasteiger partial charge on any atom is 0.231 e. The Morgan fingerprint density at radius 3 is 2.76 bits per heavy atom. The number of hydrogen-bond donors (Lipinski definition) is 1. The fraction of sp³-hybridized carbons (Fsp3) is 0.800. The third-order valence-corrected chi connectivity index (χ3v) is 4.80. The van der Waals surface area contributed by atoms with Crippen molar-refractivity contribution in [1.29, 1.82) is 0 Å². The number of aromatic nitrogens is 2. The second kappa shape index (κ2) is 4.38. The monoisotopic (exact) mass is 259 g/mol. The van der Waals surface area contributed by atoms with Crippen LogP contribution >= 0.6 is 0 Å². The first-order valence-corrected chi connectivity index (χ1v) is 7.61. The lowest BCUT2D eigenvalue weighted by molar-refractivity contribution is 0.341. The third-order valence-electron chi connectivity index (χ3n) is 3.31. The smallest absolute Gasteiger partial charge is 0.231 e. The number of nitrogens with one attached hydrogen (secondary N) is 1. The Balaban J connectivity index is 2.21. The summed E-state index contributed by atoms with van der Waals surface area (Å²) in [4.78, 5) is 4.21. The number of rotatable bonds is 3. The minimum atomic E-state index is -3.18. The second-order valence-electron chi connectivity index (χ2n) is 4.60. The molecule has 1 aromatic rings. The van der Waals surface area contributed by atoms with E-state index in [0.29, 0.717) is 5.89 Å². The van der Waals surface area contributed by atoms with Crippen LogP contribution in [0.2, 0.25) is 0 Å². The van der Waals surface area contributed by atoms with Gasteiger partial charge in [-0.15, -0.1) is 0 Å². The van der Waals surface area contributed by atoms with E-state index in [1.807, 2.05) is 0 Å². The molecule has 0 aromatic carbocycles. The molecule has 1 aliphatic rings. The molecule has 6 nitrogen and oxygen atoms in total. The summed E-state index contributed by atoms with van der Waals surface area (Å²) in [6.45, 7) is 4.55. The lowest BCUT2D eigenvalue weighted by Gasteiger charge is -2.09. The highest BCUT2D eigenvalue weighted by Crippen LogP contribution is 2.27. The van der Waals surface area contributed by atoms with Gasteiger partial charge < -0.3 is 9.84 Å². The van der Waals surface area contributed by atoms with Crippen molar-refractivity contribution in [2.75, 3.05) is 12.8 Å². The van der Waals surface area contributed by atoms with Crippen molar-refractivity contribution in [3.63, 3.8) is 0 Å². The zero-order valence-corrected chi connectivity index (χ0v) is 11.0. The van der Waals surface area contributed by atoms with Crippen LogP contribution in [0.15, 0.2) is 4.52 Å². The summed E-state index contributed by atoms with van der Waals surface area (Å²) in [6, 6.07) is 0.289. The number of sulfone groups is 1. The van der Waals surface area contributed by atoms with Crippen LogP contribution in [0.4, 0.5) is 0 Å². The molecule has 1 N–H and O–H groups in total. The Hall–Kier alpha value is -0.950. The molecule has 0 amide bonds. The van der Waals surface area contributed by atoms with Crippen molar-refractivity contribution in [3.8, 4) is 0 Å². The van der Waals surface area contributed by atoms with E-state index in [9.17, 15) is 8.42 Å². The highest BCUT2D eigenvalue weighted by molar-refractivity contribution is 7.90. The van der Waals surface area contributed by atoms with Gasteiger partial charge in [-0.25, -0.2) is 8.42 Å². The van der Waals surface area contributed by atoms with Crippen molar-refractivity contribution in [3.05, 3.63) is 11.7 Å². The summed E-state index contributed by atoms with van der Waals surface area (Å²) in [7, 11) is -3.18. The summed E-state index contributed by atoms with van der Waals surface area (Å²) in [5.41, 5.74) is 0. The van der Waals surface area contributed by atoms with E-state index in [1.54, 1.807) is 6.92 Å². The zero-order chi connectivity index (χ0) is 12.6. The molecular weight excluding hydrogens is 242 g/mol. The molecule has 0 bridgehead atoms. The van der Waals surface area contributed by atoms with Crippen molar-refractivity contribution in [2.24, 2.45) is 0 Å². The van der Waals surface area contributed by atoms with Gasteiger partial charge in [-0.3, -0.25) is 0 Å². The Bertz CT molecular complexity index is 497. The van der Waals surface area contributed by atoms with Gasteiger partial charge in [-0.05, 0) is 26.8 Å². The van der Waals surface area contributed by atoms with Gasteiger partial charge in [0.15, 0.2) is 15.7 Å². The lowest BCUT2D eigenvalue weighted by Crippen LogP contribution is -2.21. The summed E-state index contributed by atoms with van der Waals surface area (Å²) >= 11 is 0. The first-order chi connectivity index (χ1) is 7.89. The molecule has 2 heterocycles. The van der Waals surface area contributed by atoms with Crippen molar-refractivity contribution < 1.29 is 12.9 Å². The van der Waals surface area contributed by atoms with E-state index in [-0.39, 0.29) is 17.8 Å². The van der Waals surface area contributed by atoms with Crippen molar-refractivity contribution in [2.45, 2.75) is 37.5 Å². The highest BCUT2D eigenvalue weighted by Gasteiger charge is 2.31. The van der Waals surface area contributed by atoms with Crippen molar-refractivity contribution >= 4 is 9.84 Å². The van der Waals surface area contributed by atoms with Gasteiger partial charge >= 0.3 is 0 Å². The topological polar surface area (TPSA) is 85.1 Å². The first kappa shape index (κ1) is 12.5. The number of nitrogens with zero attached hydrogens (tertiary/aromatic N) is 2. The minimum absolute atomic E-state index is 0.183. The molecular formula is C10H17N3O3S. The molecule has 7 heteroatoms. The average Bonchev–Trinajstić information content (AvgIpc) is 2.83. The fourth-order valence-electron chi connectivity index (χ4n) is 1.95. The van der Waals surface area contributed by atoms with Gasteiger partial charge in [0, 0.05) is 12.3 Å². The number of hydrogen-bond acceptors (Lipinski definition) is 6. The van der Waals surface area contributed by atoms with E-state index in [1.165, 1.54) is 6.26 Å². The SMILES string of the molecule is CC1NCCC1c1nc(C(C)S(C)(=O)=O)no1. The molecule has 1 saturated heterocycles. The molecule has 1 aromatic heterocycles. The predicted molar refractivity (Wildman–Crippen MR) is 62.4 cm³/mol.